The molecular formula is C8H9Br2NO2. The molecule has 0 N–H and O–H groups in total. The van der Waals surface area contributed by atoms with Crippen molar-refractivity contribution in [3.8, 4) is 0 Å². The largest absolute Gasteiger partial charge is 0.457 e. The van der Waals surface area contributed by atoms with Crippen LogP contribution in [-0.2, 0) is 0 Å². The zero-order chi connectivity index (χ0) is 9.84. The van der Waals surface area contributed by atoms with Gasteiger partial charge in [0.15, 0.2) is 4.67 Å². The fourth-order valence-electron chi connectivity index (χ4n) is 0.880. The molecule has 0 bridgehead atoms. The van der Waals surface area contributed by atoms with Gasteiger partial charge in [-0.1, -0.05) is 15.9 Å². The van der Waals surface area contributed by atoms with Crippen LogP contribution < -0.4 is 0 Å². The molecule has 0 atom stereocenters. The van der Waals surface area contributed by atoms with E-state index < -0.39 is 0 Å². The van der Waals surface area contributed by atoms with Gasteiger partial charge in [0, 0.05) is 18.9 Å². The standard InChI is InChI=1S/C8H9Br2NO2/c1-11(4-3-9)8(12)6-2-5-13-7(6)10/h2,5H,3-4H2,1H3. The lowest BCUT2D eigenvalue weighted by atomic mass is 10.3. The van der Waals surface area contributed by atoms with E-state index in [0.29, 0.717) is 16.8 Å². The summed E-state index contributed by atoms with van der Waals surface area (Å²) in [5.41, 5.74) is 0.559. The maximum Gasteiger partial charge on any atom is 0.258 e. The Morgan fingerprint density at radius 2 is 2.38 bits per heavy atom. The summed E-state index contributed by atoms with van der Waals surface area (Å²) in [7, 11) is 1.75. The highest BCUT2D eigenvalue weighted by Crippen LogP contribution is 2.18. The monoisotopic (exact) mass is 309 g/mol. The average Bonchev–Trinajstić information content (AvgIpc) is 2.50. The number of amides is 1. The van der Waals surface area contributed by atoms with E-state index in [4.69, 9.17) is 4.42 Å². The second-order valence-electron chi connectivity index (χ2n) is 2.52. The first-order chi connectivity index (χ1) is 6.16. The van der Waals surface area contributed by atoms with E-state index in [9.17, 15) is 4.79 Å². The number of carbonyl (C=O) groups is 1. The SMILES string of the molecule is CN(CCBr)C(=O)c1ccoc1Br. The van der Waals surface area contributed by atoms with Crippen molar-refractivity contribution in [2.24, 2.45) is 0 Å². The van der Waals surface area contributed by atoms with Crippen molar-refractivity contribution in [3.05, 3.63) is 22.6 Å². The van der Waals surface area contributed by atoms with Gasteiger partial charge in [0.25, 0.3) is 5.91 Å². The summed E-state index contributed by atoms with van der Waals surface area (Å²) in [4.78, 5) is 13.3. The first kappa shape index (κ1) is 10.8. The van der Waals surface area contributed by atoms with Crippen molar-refractivity contribution >= 4 is 37.8 Å². The highest BCUT2D eigenvalue weighted by Gasteiger charge is 2.15. The van der Waals surface area contributed by atoms with Crippen LogP contribution in [0.15, 0.2) is 21.4 Å². The van der Waals surface area contributed by atoms with Gasteiger partial charge in [-0.05, 0) is 22.0 Å². The molecule has 1 aromatic heterocycles. The second-order valence-corrected chi connectivity index (χ2v) is 4.04. The Labute approximate surface area is 93.3 Å². The third kappa shape index (κ3) is 2.57. The fraction of sp³-hybridized carbons (Fsp3) is 0.375. The van der Waals surface area contributed by atoms with Crippen LogP contribution in [0, 0.1) is 0 Å². The summed E-state index contributed by atoms with van der Waals surface area (Å²) in [6.07, 6.45) is 1.49. The Kier molecular flexibility index (Phi) is 3.99. The van der Waals surface area contributed by atoms with Gasteiger partial charge in [0.1, 0.15) is 0 Å². The van der Waals surface area contributed by atoms with E-state index in [2.05, 4.69) is 31.9 Å². The van der Waals surface area contributed by atoms with Gasteiger partial charge in [-0.25, -0.2) is 0 Å². The molecule has 0 saturated carbocycles. The number of halogens is 2. The zero-order valence-electron chi connectivity index (χ0n) is 7.09. The summed E-state index contributed by atoms with van der Waals surface area (Å²) in [5, 5.41) is 0.769. The van der Waals surface area contributed by atoms with Crippen molar-refractivity contribution in [3.63, 3.8) is 0 Å². The van der Waals surface area contributed by atoms with Crippen LogP contribution in [0.25, 0.3) is 0 Å². The minimum atomic E-state index is -0.0416. The molecule has 0 saturated heterocycles. The number of alkyl halides is 1. The molecular weight excluding hydrogens is 302 g/mol. The summed E-state index contributed by atoms with van der Waals surface area (Å²) < 4.78 is 5.46. The molecule has 13 heavy (non-hydrogen) atoms. The number of carbonyl (C=O) groups excluding carboxylic acids is 1. The molecule has 0 unspecified atom stereocenters. The van der Waals surface area contributed by atoms with Crippen LogP contribution in [-0.4, -0.2) is 29.7 Å². The van der Waals surface area contributed by atoms with Gasteiger partial charge in [-0.2, -0.15) is 0 Å². The third-order valence-electron chi connectivity index (χ3n) is 1.62. The highest BCUT2D eigenvalue weighted by molar-refractivity contribution is 9.10. The Bertz CT molecular complexity index is 298. The lowest BCUT2D eigenvalue weighted by Gasteiger charge is -2.14. The molecule has 1 aromatic rings. The number of rotatable bonds is 3. The highest BCUT2D eigenvalue weighted by atomic mass is 79.9. The Morgan fingerprint density at radius 3 is 2.85 bits per heavy atom. The van der Waals surface area contributed by atoms with Gasteiger partial charge < -0.3 is 9.32 Å². The smallest absolute Gasteiger partial charge is 0.258 e. The quantitative estimate of drug-likeness (QED) is 0.804. The molecule has 0 fully saturated rings. The van der Waals surface area contributed by atoms with Crippen LogP contribution in [0.1, 0.15) is 10.4 Å². The molecule has 3 nitrogen and oxygen atoms in total. The minimum absolute atomic E-state index is 0.0416. The number of furan rings is 1. The van der Waals surface area contributed by atoms with E-state index in [1.807, 2.05) is 0 Å². The topological polar surface area (TPSA) is 33.5 Å². The van der Waals surface area contributed by atoms with Crippen LogP contribution in [0.4, 0.5) is 0 Å². The summed E-state index contributed by atoms with van der Waals surface area (Å²) >= 11 is 6.43. The molecule has 5 heteroatoms. The molecule has 1 rings (SSSR count). The maximum atomic E-state index is 11.6. The van der Waals surface area contributed by atoms with Crippen LogP contribution >= 0.6 is 31.9 Å². The molecule has 1 amide bonds. The van der Waals surface area contributed by atoms with Gasteiger partial charge >= 0.3 is 0 Å². The molecule has 0 aliphatic rings. The van der Waals surface area contributed by atoms with Crippen molar-refractivity contribution < 1.29 is 9.21 Å². The predicted molar refractivity (Wildman–Crippen MR) is 57.2 cm³/mol. The third-order valence-corrected chi connectivity index (χ3v) is 2.58. The lowest BCUT2D eigenvalue weighted by molar-refractivity contribution is 0.0802. The lowest BCUT2D eigenvalue weighted by Crippen LogP contribution is -2.28. The zero-order valence-corrected chi connectivity index (χ0v) is 10.3. The van der Waals surface area contributed by atoms with Gasteiger partial charge in [0.05, 0.1) is 11.8 Å². The number of nitrogens with zero attached hydrogens (tertiary/aromatic N) is 1. The second kappa shape index (κ2) is 4.81. The van der Waals surface area contributed by atoms with E-state index in [-0.39, 0.29) is 5.91 Å². The van der Waals surface area contributed by atoms with E-state index in [0.717, 1.165) is 5.33 Å². The van der Waals surface area contributed by atoms with E-state index in [1.54, 1.807) is 18.0 Å². The molecule has 1 heterocycles. The summed E-state index contributed by atoms with van der Waals surface area (Å²) in [6.45, 7) is 0.677. The normalized spacial score (nSPS) is 10.1. The van der Waals surface area contributed by atoms with Crippen molar-refractivity contribution in [1.29, 1.82) is 0 Å². The van der Waals surface area contributed by atoms with Crippen molar-refractivity contribution in [1.82, 2.24) is 4.90 Å². The molecule has 0 aromatic carbocycles. The predicted octanol–water partition coefficient (Wildman–Crippen LogP) is 2.51. The maximum absolute atomic E-state index is 11.6. The Morgan fingerprint density at radius 1 is 1.69 bits per heavy atom. The molecule has 0 spiro atoms. The minimum Gasteiger partial charge on any atom is -0.457 e. The summed E-state index contributed by atoms with van der Waals surface area (Å²) in [5.74, 6) is -0.0416. The number of hydrogen-bond acceptors (Lipinski definition) is 2. The molecule has 0 aliphatic heterocycles. The van der Waals surface area contributed by atoms with Crippen molar-refractivity contribution in [2.75, 3.05) is 18.9 Å². The first-order valence-electron chi connectivity index (χ1n) is 3.71. The van der Waals surface area contributed by atoms with Crippen LogP contribution in [0.2, 0.25) is 0 Å². The van der Waals surface area contributed by atoms with E-state index >= 15 is 0 Å². The molecule has 0 aliphatic carbocycles. The summed E-state index contributed by atoms with van der Waals surface area (Å²) in [6, 6.07) is 1.65. The Balaban J connectivity index is 2.73. The Hall–Kier alpha value is -0.290. The van der Waals surface area contributed by atoms with E-state index in [1.165, 1.54) is 6.26 Å². The van der Waals surface area contributed by atoms with Gasteiger partial charge in [-0.3, -0.25) is 4.79 Å². The van der Waals surface area contributed by atoms with Gasteiger partial charge in [0.2, 0.25) is 0 Å². The average molecular weight is 311 g/mol. The molecule has 0 radical (unpaired) electrons. The van der Waals surface area contributed by atoms with Crippen molar-refractivity contribution in [2.45, 2.75) is 0 Å². The first-order valence-corrected chi connectivity index (χ1v) is 5.62. The fourth-order valence-corrected chi connectivity index (χ4v) is 1.82. The van der Waals surface area contributed by atoms with Gasteiger partial charge in [-0.15, -0.1) is 0 Å². The van der Waals surface area contributed by atoms with Crippen LogP contribution in [0.5, 0.6) is 0 Å². The molecule has 72 valence electrons. The van der Waals surface area contributed by atoms with Crippen LogP contribution in [0.3, 0.4) is 0 Å². The number of hydrogen-bond donors (Lipinski definition) is 0.